The highest BCUT2D eigenvalue weighted by atomic mass is 16.5. The lowest BCUT2D eigenvalue weighted by Crippen LogP contribution is -2.14. The van der Waals surface area contributed by atoms with Crippen LogP contribution >= 0.6 is 0 Å². The SMILES string of the molecule is CCNCCCCCOc1ccc(C)cc1OC. The van der Waals surface area contributed by atoms with Gasteiger partial charge in [0.1, 0.15) is 0 Å². The molecule has 1 aromatic rings. The number of nitrogens with one attached hydrogen (secondary N) is 1. The molecule has 0 fully saturated rings. The van der Waals surface area contributed by atoms with E-state index in [0.29, 0.717) is 0 Å². The molecule has 0 aliphatic carbocycles. The van der Waals surface area contributed by atoms with Gasteiger partial charge in [0.25, 0.3) is 0 Å². The Balaban J connectivity index is 2.22. The van der Waals surface area contributed by atoms with E-state index in [1.165, 1.54) is 18.4 Å². The number of aryl methyl sites for hydroxylation is 1. The predicted molar refractivity (Wildman–Crippen MR) is 75.6 cm³/mol. The molecule has 0 saturated heterocycles. The lowest BCUT2D eigenvalue weighted by Gasteiger charge is -2.11. The maximum absolute atomic E-state index is 5.74. The van der Waals surface area contributed by atoms with E-state index >= 15 is 0 Å². The van der Waals surface area contributed by atoms with Gasteiger partial charge in [-0.25, -0.2) is 0 Å². The second-order valence-corrected chi connectivity index (χ2v) is 4.42. The summed E-state index contributed by atoms with van der Waals surface area (Å²) in [6.07, 6.45) is 3.49. The Morgan fingerprint density at radius 3 is 2.67 bits per heavy atom. The fraction of sp³-hybridized carbons (Fsp3) is 0.600. The van der Waals surface area contributed by atoms with Crippen LogP contribution in [0.15, 0.2) is 18.2 Å². The van der Waals surface area contributed by atoms with Crippen LogP contribution in [0.2, 0.25) is 0 Å². The minimum absolute atomic E-state index is 0.756. The van der Waals surface area contributed by atoms with Gasteiger partial charge in [-0.3, -0.25) is 0 Å². The molecule has 0 bridgehead atoms. The molecule has 3 nitrogen and oxygen atoms in total. The van der Waals surface area contributed by atoms with E-state index in [-0.39, 0.29) is 0 Å². The van der Waals surface area contributed by atoms with Crippen molar-refractivity contribution in [3.05, 3.63) is 23.8 Å². The van der Waals surface area contributed by atoms with Gasteiger partial charge in [-0.1, -0.05) is 13.0 Å². The molecule has 0 atom stereocenters. The van der Waals surface area contributed by atoms with Crippen molar-refractivity contribution in [3.8, 4) is 11.5 Å². The molecule has 0 saturated carbocycles. The molecule has 102 valence electrons. The predicted octanol–water partition coefficient (Wildman–Crippen LogP) is 3.16. The Labute approximate surface area is 110 Å². The fourth-order valence-corrected chi connectivity index (χ4v) is 1.78. The number of unbranched alkanes of at least 4 members (excludes halogenated alkanes) is 2. The smallest absolute Gasteiger partial charge is 0.161 e. The summed E-state index contributed by atoms with van der Waals surface area (Å²) >= 11 is 0. The van der Waals surface area contributed by atoms with Crippen LogP contribution in [-0.2, 0) is 0 Å². The molecule has 18 heavy (non-hydrogen) atoms. The highest BCUT2D eigenvalue weighted by molar-refractivity contribution is 5.42. The molecule has 0 heterocycles. The molecule has 1 aromatic carbocycles. The van der Waals surface area contributed by atoms with Crippen LogP contribution in [0.1, 0.15) is 31.7 Å². The van der Waals surface area contributed by atoms with Gasteiger partial charge in [0.05, 0.1) is 13.7 Å². The number of rotatable bonds is 9. The van der Waals surface area contributed by atoms with E-state index in [2.05, 4.69) is 12.2 Å². The highest BCUT2D eigenvalue weighted by Crippen LogP contribution is 2.27. The quantitative estimate of drug-likeness (QED) is 0.684. The molecule has 3 heteroatoms. The first kappa shape index (κ1) is 14.8. The fourth-order valence-electron chi connectivity index (χ4n) is 1.78. The lowest BCUT2D eigenvalue weighted by molar-refractivity contribution is 0.285. The molecule has 1 rings (SSSR count). The van der Waals surface area contributed by atoms with Gasteiger partial charge in [-0.2, -0.15) is 0 Å². The van der Waals surface area contributed by atoms with E-state index in [1.54, 1.807) is 7.11 Å². The zero-order valence-electron chi connectivity index (χ0n) is 11.8. The van der Waals surface area contributed by atoms with Gasteiger partial charge in [-0.05, 0) is 57.0 Å². The first-order valence-corrected chi connectivity index (χ1v) is 6.76. The molecule has 0 aliphatic rings. The van der Waals surface area contributed by atoms with Crippen molar-refractivity contribution in [1.82, 2.24) is 5.32 Å². The highest BCUT2D eigenvalue weighted by Gasteiger charge is 2.03. The van der Waals surface area contributed by atoms with Gasteiger partial charge in [0.15, 0.2) is 11.5 Å². The van der Waals surface area contributed by atoms with Gasteiger partial charge < -0.3 is 14.8 Å². The first-order valence-electron chi connectivity index (χ1n) is 6.76. The van der Waals surface area contributed by atoms with Crippen molar-refractivity contribution in [2.45, 2.75) is 33.1 Å². The van der Waals surface area contributed by atoms with E-state index in [4.69, 9.17) is 9.47 Å². The molecular formula is C15H25NO2. The maximum Gasteiger partial charge on any atom is 0.161 e. The van der Waals surface area contributed by atoms with Crippen molar-refractivity contribution < 1.29 is 9.47 Å². The summed E-state index contributed by atoms with van der Waals surface area (Å²) in [5.74, 6) is 1.66. The average molecular weight is 251 g/mol. The lowest BCUT2D eigenvalue weighted by atomic mass is 10.2. The van der Waals surface area contributed by atoms with Crippen molar-refractivity contribution >= 4 is 0 Å². The number of ether oxygens (including phenoxy) is 2. The second kappa shape index (κ2) is 8.81. The van der Waals surface area contributed by atoms with Gasteiger partial charge in [0.2, 0.25) is 0 Å². The van der Waals surface area contributed by atoms with Crippen LogP contribution in [0.4, 0.5) is 0 Å². The molecular weight excluding hydrogens is 226 g/mol. The third-order valence-electron chi connectivity index (χ3n) is 2.82. The van der Waals surface area contributed by atoms with Gasteiger partial charge in [-0.15, -0.1) is 0 Å². The Morgan fingerprint density at radius 2 is 1.94 bits per heavy atom. The molecule has 0 aliphatic heterocycles. The van der Waals surface area contributed by atoms with Crippen LogP contribution in [-0.4, -0.2) is 26.8 Å². The molecule has 1 N–H and O–H groups in total. The maximum atomic E-state index is 5.74. The molecule has 0 unspecified atom stereocenters. The van der Waals surface area contributed by atoms with E-state index in [1.807, 2.05) is 25.1 Å². The Bertz CT molecular complexity index is 339. The van der Waals surface area contributed by atoms with E-state index in [9.17, 15) is 0 Å². The summed E-state index contributed by atoms with van der Waals surface area (Å²) in [7, 11) is 1.68. The van der Waals surface area contributed by atoms with Crippen molar-refractivity contribution in [1.29, 1.82) is 0 Å². The van der Waals surface area contributed by atoms with Crippen molar-refractivity contribution in [3.63, 3.8) is 0 Å². The van der Waals surface area contributed by atoms with Crippen LogP contribution in [0.25, 0.3) is 0 Å². The minimum Gasteiger partial charge on any atom is -0.493 e. The van der Waals surface area contributed by atoms with E-state index < -0.39 is 0 Å². The first-order chi connectivity index (χ1) is 8.77. The second-order valence-electron chi connectivity index (χ2n) is 4.42. The summed E-state index contributed by atoms with van der Waals surface area (Å²) in [5, 5.41) is 3.32. The Morgan fingerprint density at radius 1 is 1.11 bits per heavy atom. The molecule has 0 spiro atoms. The van der Waals surface area contributed by atoms with Crippen LogP contribution < -0.4 is 14.8 Å². The van der Waals surface area contributed by atoms with Crippen LogP contribution in [0, 0.1) is 6.92 Å². The number of methoxy groups -OCH3 is 1. The Kier molecular flexibility index (Phi) is 7.26. The van der Waals surface area contributed by atoms with Crippen LogP contribution in [0.5, 0.6) is 11.5 Å². The Hall–Kier alpha value is -1.22. The monoisotopic (exact) mass is 251 g/mol. The molecule has 0 aromatic heterocycles. The standard InChI is InChI=1S/C15H25NO2/c1-4-16-10-6-5-7-11-18-14-9-8-13(2)12-15(14)17-3/h8-9,12,16H,4-7,10-11H2,1-3H3. The zero-order valence-corrected chi connectivity index (χ0v) is 11.8. The van der Waals surface area contributed by atoms with Crippen molar-refractivity contribution in [2.75, 3.05) is 26.8 Å². The largest absolute Gasteiger partial charge is 0.493 e. The normalized spacial score (nSPS) is 10.4. The summed E-state index contributed by atoms with van der Waals surface area (Å²) in [6, 6.07) is 6.02. The minimum atomic E-state index is 0.756. The van der Waals surface area contributed by atoms with E-state index in [0.717, 1.165) is 37.6 Å². The van der Waals surface area contributed by atoms with Crippen LogP contribution in [0.3, 0.4) is 0 Å². The number of hydrogen-bond donors (Lipinski definition) is 1. The summed E-state index contributed by atoms with van der Waals surface area (Å²) in [6.45, 7) is 7.09. The summed E-state index contributed by atoms with van der Waals surface area (Å²) < 4.78 is 11.0. The number of benzene rings is 1. The van der Waals surface area contributed by atoms with Gasteiger partial charge >= 0.3 is 0 Å². The topological polar surface area (TPSA) is 30.5 Å². The number of hydrogen-bond acceptors (Lipinski definition) is 3. The third-order valence-corrected chi connectivity index (χ3v) is 2.82. The molecule has 0 radical (unpaired) electrons. The third kappa shape index (κ3) is 5.41. The van der Waals surface area contributed by atoms with Gasteiger partial charge in [0, 0.05) is 0 Å². The summed E-state index contributed by atoms with van der Waals surface area (Å²) in [5.41, 5.74) is 1.19. The summed E-state index contributed by atoms with van der Waals surface area (Å²) in [4.78, 5) is 0. The van der Waals surface area contributed by atoms with Crippen molar-refractivity contribution in [2.24, 2.45) is 0 Å². The molecule has 0 amide bonds. The average Bonchev–Trinajstić information content (AvgIpc) is 2.39. The zero-order chi connectivity index (χ0) is 13.2.